The first-order valence-electron chi connectivity index (χ1n) is 4.55. The minimum Gasteiger partial charge on any atom is -0.398 e. The van der Waals surface area contributed by atoms with E-state index in [4.69, 9.17) is 5.73 Å². The summed E-state index contributed by atoms with van der Waals surface area (Å²) < 4.78 is 34.6. The van der Waals surface area contributed by atoms with Crippen LogP contribution in [0.25, 0.3) is 0 Å². The fraction of sp³-hybridized carbons (Fsp3) is 0.300. The zero-order valence-electron chi connectivity index (χ0n) is 8.73. The molecule has 16 heavy (non-hydrogen) atoms. The van der Waals surface area contributed by atoms with Crippen LogP contribution >= 0.6 is 0 Å². The normalized spacial score (nSPS) is 11.4. The summed E-state index contributed by atoms with van der Waals surface area (Å²) in [7, 11) is -3.21. The topological polar surface area (TPSA) is 77.2 Å². The lowest BCUT2D eigenvalue weighted by Crippen LogP contribution is -2.11. The summed E-state index contributed by atoms with van der Waals surface area (Å²) in [6, 6.07) is 3.44. The fourth-order valence-electron chi connectivity index (χ4n) is 1.18. The number of carbonyl (C=O) groups excluding carboxylic acids is 1. The van der Waals surface area contributed by atoms with Crippen molar-refractivity contribution in [3.63, 3.8) is 0 Å². The standard InChI is InChI=1S/C10H12FNO3S/c1-16(14,15)5-4-10(13)8-6-7(11)2-3-9(8)12/h2-3,6H,4-5,12H2,1H3. The second-order valence-electron chi connectivity index (χ2n) is 3.53. The third kappa shape index (κ3) is 3.62. The summed E-state index contributed by atoms with van der Waals surface area (Å²) in [5.41, 5.74) is 5.68. The highest BCUT2D eigenvalue weighted by molar-refractivity contribution is 7.90. The fourth-order valence-corrected chi connectivity index (χ4v) is 1.74. The van der Waals surface area contributed by atoms with Crippen molar-refractivity contribution >= 4 is 21.3 Å². The third-order valence-corrected chi connectivity index (χ3v) is 2.96. The van der Waals surface area contributed by atoms with Gasteiger partial charge in [-0.15, -0.1) is 0 Å². The van der Waals surface area contributed by atoms with Gasteiger partial charge in [0, 0.05) is 23.9 Å². The molecular formula is C10H12FNO3S. The molecule has 6 heteroatoms. The van der Waals surface area contributed by atoms with Gasteiger partial charge in [0.25, 0.3) is 0 Å². The van der Waals surface area contributed by atoms with E-state index in [0.717, 1.165) is 18.4 Å². The summed E-state index contributed by atoms with van der Waals surface area (Å²) in [6.07, 6.45) is 0.849. The molecule has 0 fully saturated rings. The number of anilines is 1. The van der Waals surface area contributed by atoms with E-state index in [2.05, 4.69) is 0 Å². The minimum absolute atomic E-state index is 0.0312. The maximum absolute atomic E-state index is 12.9. The smallest absolute Gasteiger partial charge is 0.166 e. The lowest BCUT2D eigenvalue weighted by molar-refractivity contribution is 0.0989. The van der Waals surface area contributed by atoms with E-state index in [1.807, 2.05) is 0 Å². The number of nitrogen functional groups attached to an aromatic ring is 1. The van der Waals surface area contributed by atoms with Crippen LogP contribution in [0.5, 0.6) is 0 Å². The van der Waals surface area contributed by atoms with Crippen molar-refractivity contribution in [2.24, 2.45) is 0 Å². The molecule has 0 atom stereocenters. The van der Waals surface area contributed by atoms with Crippen LogP contribution in [-0.2, 0) is 9.84 Å². The molecule has 2 N–H and O–H groups in total. The van der Waals surface area contributed by atoms with Crippen molar-refractivity contribution in [3.8, 4) is 0 Å². The summed E-state index contributed by atoms with van der Waals surface area (Å²) in [4.78, 5) is 11.6. The Morgan fingerprint density at radius 3 is 2.62 bits per heavy atom. The van der Waals surface area contributed by atoms with Gasteiger partial charge in [0.15, 0.2) is 5.78 Å². The van der Waals surface area contributed by atoms with Gasteiger partial charge in [0.2, 0.25) is 0 Å². The number of hydrogen-bond acceptors (Lipinski definition) is 4. The highest BCUT2D eigenvalue weighted by Crippen LogP contribution is 2.15. The van der Waals surface area contributed by atoms with E-state index in [-0.39, 0.29) is 23.4 Å². The Labute approximate surface area is 93.2 Å². The van der Waals surface area contributed by atoms with Crippen LogP contribution in [0.4, 0.5) is 10.1 Å². The highest BCUT2D eigenvalue weighted by Gasteiger charge is 2.13. The second-order valence-corrected chi connectivity index (χ2v) is 5.79. The van der Waals surface area contributed by atoms with Gasteiger partial charge >= 0.3 is 0 Å². The lowest BCUT2D eigenvalue weighted by Gasteiger charge is -2.04. The number of sulfone groups is 1. The molecule has 4 nitrogen and oxygen atoms in total. The molecule has 1 aromatic rings. The summed E-state index contributed by atoms with van der Waals surface area (Å²) in [6.45, 7) is 0. The van der Waals surface area contributed by atoms with Gasteiger partial charge in [-0.1, -0.05) is 0 Å². The van der Waals surface area contributed by atoms with Crippen molar-refractivity contribution in [3.05, 3.63) is 29.6 Å². The van der Waals surface area contributed by atoms with Gasteiger partial charge in [-0.25, -0.2) is 12.8 Å². The molecule has 0 aliphatic carbocycles. The monoisotopic (exact) mass is 245 g/mol. The molecule has 0 unspecified atom stereocenters. The quantitative estimate of drug-likeness (QED) is 0.634. The van der Waals surface area contributed by atoms with Crippen molar-refractivity contribution in [2.75, 3.05) is 17.7 Å². The van der Waals surface area contributed by atoms with Gasteiger partial charge in [0.05, 0.1) is 5.75 Å². The van der Waals surface area contributed by atoms with Crippen molar-refractivity contribution in [1.29, 1.82) is 0 Å². The van der Waals surface area contributed by atoms with Crippen molar-refractivity contribution < 1.29 is 17.6 Å². The first kappa shape index (κ1) is 12.6. The number of ketones is 1. The van der Waals surface area contributed by atoms with E-state index in [1.54, 1.807) is 0 Å². The number of benzene rings is 1. The number of rotatable bonds is 4. The molecule has 1 rings (SSSR count). The second kappa shape index (κ2) is 4.61. The van der Waals surface area contributed by atoms with Gasteiger partial charge in [-0.05, 0) is 18.2 Å². The maximum Gasteiger partial charge on any atom is 0.166 e. The third-order valence-electron chi connectivity index (χ3n) is 2.02. The Morgan fingerprint density at radius 2 is 2.06 bits per heavy atom. The molecule has 0 spiro atoms. The van der Waals surface area contributed by atoms with E-state index >= 15 is 0 Å². The lowest BCUT2D eigenvalue weighted by atomic mass is 10.1. The molecule has 0 aliphatic rings. The number of carbonyl (C=O) groups is 1. The van der Waals surface area contributed by atoms with E-state index < -0.39 is 21.4 Å². The number of hydrogen-bond donors (Lipinski definition) is 1. The molecule has 0 heterocycles. The number of nitrogens with two attached hydrogens (primary N) is 1. The Balaban J connectivity index is 2.85. The number of Topliss-reactive ketones (excluding diaryl/α,β-unsaturated/α-hetero) is 1. The van der Waals surface area contributed by atoms with Gasteiger partial charge in [-0.3, -0.25) is 4.79 Å². The van der Waals surface area contributed by atoms with Gasteiger partial charge < -0.3 is 5.73 Å². The largest absolute Gasteiger partial charge is 0.398 e. The average Bonchev–Trinajstić information content (AvgIpc) is 2.17. The first-order valence-corrected chi connectivity index (χ1v) is 6.61. The van der Waals surface area contributed by atoms with Gasteiger partial charge in [0.1, 0.15) is 15.7 Å². The van der Waals surface area contributed by atoms with Gasteiger partial charge in [-0.2, -0.15) is 0 Å². The summed E-state index contributed by atoms with van der Waals surface area (Å²) >= 11 is 0. The Kier molecular flexibility index (Phi) is 3.64. The predicted octanol–water partition coefficient (Wildman–Crippen LogP) is 1.03. The van der Waals surface area contributed by atoms with E-state index in [9.17, 15) is 17.6 Å². The molecule has 88 valence electrons. The molecule has 0 radical (unpaired) electrons. The summed E-state index contributed by atoms with van der Waals surface area (Å²) in [5.74, 6) is -1.30. The van der Waals surface area contributed by atoms with Crippen LogP contribution in [0.1, 0.15) is 16.8 Å². The molecule has 0 aliphatic heterocycles. The maximum atomic E-state index is 12.9. The molecule has 0 aromatic heterocycles. The average molecular weight is 245 g/mol. The number of halogens is 1. The molecule has 0 saturated heterocycles. The Bertz CT molecular complexity index is 511. The Morgan fingerprint density at radius 1 is 1.44 bits per heavy atom. The minimum atomic E-state index is -3.21. The molecule has 0 saturated carbocycles. The zero-order valence-corrected chi connectivity index (χ0v) is 9.55. The zero-order chi connectivity index (χ0) is 12.3. The first-order chi connectivity index (χ1) is 7.29. The van der Waals surface area contributed by atoms with Crippen LogP contribution < -0.4 is 5.73 Å². The molecular weight excluding hydrogens is 233 g/mol. The predicted molar refractivity (Wildman–Crippen MR) is 59.5 cm³/mol. The van der Waals surface area contributed by atoms with Crippen LogP contribution in [0.15, 0.2) is 18.2 Å². The van der Waals surface area contributed by atoms with Crippen molar-refractivity contribution in [1.82, 2.24) is 0 Å². The summed E-state index contributed by atoms with van der Waals surface area (Å²) in [5, 5.41) is 0. The Hall–Kier alpha value is -1.43. The van der Waals surface area contributed by atoms with Crippen LogP contribution in [0.3, 0.4) is 0 Å². The molecule has 0 amide bonds. The van der Waals surface area contributed by atoms with Crippen LogP contribution in [0.2, 0.25) is 0 Å². The van der Waals surface area contributed by atoms with Crippen LogP contribution in [-0.4, -0.2) is 26.2 Å². The van der Waals surface area contributed by atoms with Crippen LogP contribution in [0, 0.1) is 5.82 Å². The highest BCUT2D eigenvalue weighted by atomic mass is 32.2. The van der Waals surface area contributed by atoms with E-state index in [0.29, 0.717) is 0 Å². The molecule has 1 aromatic carbocycles. The van der Waals surface area contributed by atoms with Crippen molar-refractivity contribution in [2.45, 2.75) is 6.42 Å². The van der Waals surface area contributed by atoms with E-state index in [1.165, 1.54) is 6.07 Å². The molecule has 0 bridgehead atoms. The SMILES string of the molecule is CS(=O)(=O)CCC(=O)c1cc(F)ccc1N.